The van der Waals surface area contributed by atoms with Crippen molar-refractivity contribution in [3.05, 3.63) is 70.7 Å². The topological polar surface area (TPSA) is 59.9 Å². The molecule has 0 spiro atoms. The van der Waals surface area contributed by atoms with E-state index in [1.54, 1.807) is 7.05 Å². The molecule has 170 valence electrons. The Morgan fingerprint density at radius 1 is 1.19 bits per heavy atom. The first kappa shape index (κ1) is 25.9. The molecule has 31 heavy (non-hydrogen) atoms. The first-order valence-corrected chi connectivity index (χ1v) is 11.1. The van der Waals surface area contributed by atoms with E-state index in [1.165, 1.54) is 12.0 Å². The second-order valence-electron chi connectivity index (χ2n) is 8.01. The molecule has 0 aromatic heterocycles. The standard InChI is InChI=1S/C24H33ClN4O.HI/c1-26-24(28-16-21(17-30)18-8-4-3-5-9-18)27-15-20-11-7-13-29(2)23(20)19-10-6-12-22(25)14-19;/h3-6,8-10,12,14,20-21,23,30H,7,11,13,15-17H2,1-2H3,(H2,26,27,28);1H. The lowest BCUT2D eigenvalue weighted by Crippen LogP contribution is -2.45. The molecule has 2 aromatic rings. The smallest absolute Gasteiger partial charge is 0.191 e. The fraction of sp³-hybridized carbons (Fsp3) is 0.458. The highest BCUT2D eigenvalue weighted by Crippen LogP contribution is 2.35. The molecular formula is C24H34ClIN4O. The lowest BCUT2D eigenvalue weighted by Gasteiger charge is -2.40. The van der Waals surface area contributed by atoms with Crippen LogP contribution in [0.1, 0.15) is 35.9 Å². The van der Waals surface area contributed by atoms with Crippen LogP contribution >= 0.6 is 35.6 Å². The Kier molecular flexibility index (Phi) is 11.1. The number of nitrogens with one attached hydrogen (secondary N) is 2. The SMILES string of the molecule is CN=C(NCC(CO)c1ccccc1)NCC1CCCN(C)C1c1cccc(Cl)c1.I. The highest BCUT2D eigenvalue weighted by molar-refractivity contribution is 14.0. The summed E-state index contributed by atoms with van der Waals surface area (Å²) in [5.74, 6) is 1.26. The van der Waals surface area contributed by atoms with Gasteiger partial charge in [0.05, 0.1) is 6.61 Å². The van der Waals surface area contributed by atoms with Crippen molar-refractivity contribution in [3.63, 3.8) is 0 Å². The highest BCUT2D eigenvalue weighted by Gasteiger charge is 2.30. The average Bonchev–Trinajstić information content (AvgIpc) is 2.77. The molecule has 5 nitrogen and oxygen atoms in total. The van der Waals surface area contributed by atoms with Crippen LogP contribution in [-0.4, -0.2) is 56.3 Å². The molecule has 0 bridgehead atoms. The minimum Gasteiger partial charge on any atom is -0.396 e. The zero-order valence-electron chi connectivity index (χ0n) is 18.3. The van der Waals surface area contributed by atoms with Crippen LogP contribution < -0.4 is 10.6 Å². The summed E-state index contributed by atoms with van der Waals surface area (Å²) in [5, 5.41) is 17.5. The zero-order chi connectivity index (χ0) is 21.3. The Morgan fingerprint density at radius 2 is 1.97 bits per heavy atom. The third-order valence-corrected chi connectivity index (χ3v) is 6.19. The van der Waals surface area contributed by atoms with Crippen LogP contribution in [-0.2, 0) is 0 Å². The lowest BCUT2D eigenvalue weighted by atomic mass is 9.85. The van der Waals surface area contributed by atoms with Gasteiger partial charge in [0.1, 0.15) is 0 Å². The van der Waals surface area contributed by atoms with Gasteiger partial charge in [0, 0.05) is 37.1 Å². The maximum absolute atomic E-state index is 9.79. The summed E-state index contributed by atoms with van der Waals surface area (Å²) in [6, 6.07) is 18.6. The Labute approximate surface area is 208 Å². The maximum Gasteiger partial charge on any atom is 0.191 e. The molecule has 2 aromatic carbocycles. The number of halogens is 2. The summed E-state index contributed by atoms with van der Waals surface area (Å²) in [5.41, 5.74) is 2.39. The van der Waals surface area contributed by atoms with Gasteiger partial charge in [-0.15, -0.1) is 24.0 Å². The van der Waals surface area contributed by atoms with E-state index in [2.05, 4.69) is 39.7 Å². The molecule has 3 rings (SSSR count). The molecule has 7 heteroatoms. The Morgan fingerprint density at radius 3 is 2.65 bits per heavy atom. The number of hydrogen-bond donors (Lipinski definition) is 3. The van der Waals surface area contributed by atoms with Crippen molar-refractivity contribution in [2.75, 3.05) is 40.3 Å². The summed E-state index contributed by atoms with van der Waals surface area (Å²) in [6.45, 7) is 2.65. The predicted molar refractivity (Wildman–Crippen MR) is 141 cm³/mol. The summed E-state index contributed by atoms with van der Waals surface area (Å²) < 4.78 is 0. The Bertz CT molecular complexity index is 820. The van der Waals surface area contributed by atoms with Crippen molar-refractivity contribution >= 4 is 41.5 Å². The fourth-order valence-electron chi connectivity index (χ4n) is 4.37. The van der Waals surface area contributed by atoms with Crippen molar-refractivity contribution in [1.29, 1.82) is 0 Å². The van der Waals surface area contributed by atoms with Crippen LogP contribution in [0.15, 0.2) is 59.6 Å². The quantitative estimate of drug-likeness (QED) is 0.271. The third-order valence-electron chi connectivity index (χ3n) is 5.96. The molecule has 3 atom stereocenters. The fourth-order valence-corrected chi connectivity index (χ4v) is 4.57. The molecule has 1 heterocycles. The van der Waals surface area contributed by atoms with Gasteiger partial charge in [-0.1, -0.05) is 54.1 Å². The number of likely N-dealkylation sites (tertiary alicyclic amines) is 1. The number of aliphatic hydroxyl groups is 1. The molecular weight excluding hydrogens is 523 g/mol. The Balaban J connectivity index is 0.00000341. The van der Waals surface area contributed by atoms with Crippen molar-refractivity contribution in [1.82, 2.24) is 15.5 Å². The molecule has 3 N–H and O–H groups in total. The number of rotatable bonds is 7. The van der Waals surface area contributed by atoms with Crippen molar-refractivity contribution in [2.24, 2.45) is 10.9 Å². The minimum absolute atomic E-state index is 0. The normalized spacial score (nSPS) is 20.6. The Hall–Kier alpha value is -1.35. The number of benzene rings is 2. The third kappa shape index (κ3) is 7.34. The van der Waals surface area contributed by atoms with Crippen molar-refractivity contribution in [2.45, 2.75) is 24.8 Å². The van der Waals surface area contributed by atoms with Crippen LogP contribution in [0.3, 0.4) is 0 Å². The molecule has 1 saturated heterocycles. The lowest BCUT2D eigenvalue weighted by molar-refractivity contribution is 0.122. The van der Waals surface area contributed by atoms with Gasteiger partial charge in [-0.3, -0.25) is 9.89 Å². The van der Waals surface area contributed by atoms with E-state index in [4.69, 9.17) is 11.6 Å². The summed E-state index contributed by atoms with van der Waals surface area (Å²) in [6.07, 6.45) is 2.35. The van der Waals surface area contributed by atoms with Gasteiger partial charge in [0.2, 0.25) is 0 Å². The molecule has 0 amide bonds. The molecule has 1 aliphatic rings. The van der Waals surface area contributed by atoms with Crippen LogP contribution in [0.25, 0.3) is 0 Å². The van der Waals surface area contributed by atoms with Gasteiger partial charge in [-0.25, -0.2) is 0 Å². The van der Waals surface area contributed by atoms with E-state index in [9.17, 15) is 5.11 Å². The number of aliphatic hydroxyl groups excluding tert-OH is 1. The molecule has 0 radical (unpaired) electrons. The van der Waals surface area contributed by atoms with Crippen LogP contribution in [0.2, 0.25) is 5.02 Å². The van der Waals surface area contributed by atoms with Crippen molar-refractivity contribution < 1.29 is 5.11 Å². The first-order chi connectivity index (χ1) is 14.6. The van der Waals surface area contributed by atoms with Gasteiger partial charge in [-0.2, -0.15) is 0 Å². The van der Waals surface area contributed by atoms with E-state index in [0.29, 0.717) is 18.5 Å². The van der Waals surface area contributed by atoms with E-state index in [-0.39, 0.29) is 36.5 Å². The molecule has 1 aliphatic heterocycles. The summed E-state index contributed by atoms with van der Waals surface area (Å²) in [4.78, 5) is 6.81. The van der Waals surface area contributed by atoms with Gasteiger partial charge in [0.15, 0.2) is 5.96 Å². The molecule has 3 unspecified atom stereocenters. The number of guanidine groups is 1. The highest BCUT2D eigenvalue weighted by atomic mass is 127. The predicted octanol–water partition coefficient (Wildman–Crippen LogP) is 4.28. The van der Waals surface area contributed by atoms with Crippen LogP contribution in [0.5, 0.6) is 0 Å². The second-order valence-corrected chi connectivity index (χ2v) is 8.44. The summed E-state index contributed by atoms with van der Waals surface area (Å²) >= 11 is 6.26. The van der Waals surface area contributed by atoms with Crippen LogP contribution in [0.4, 0.5) is 0 Å². The molecule has 0 saturated carbocycles. The number of piperidine rings is 1. The second kappa shape index (κ2) is 13.3. The largest absolute Gasteiger partial charge is 0.396 e. The zero-order valence-corrected chi connectivity index (χ0v) is 21.4. The van der Waals surface area contributed by atoms with Gasteiger partial charge < -0.3 is 15.7 Å². The van der Waals surface area contributed by atoms with Gasteiger partial charge in [-0.05, 0) is 55.6 Å². The van der Waals surface area contributed by atoms with E-state index >= 15 is 0 Å². The first-order valence-electron chi connectivity index (χ1n) is 10.7. The van der Waals surface area contributed by atoms with E-state index < -0.39 is 0 Å². The van der Waals surface area contributed by atoms with Gasteiger partial charge >= 0.3 is 0 Å². The molecule has 0 aliphatic carbocycles. The number of nitrogens with zero attached hydrogens (tertiary/aromatic N) is 2. The average molecular weight is 557 g/mol. The van der Waals surface area contributed by atoms with E-state index in [1.807, 2.05) is 42.5 Å². The maximum atomic E-state index is 9.79. The van der Waals surface area contributed by atoms with Crippen molar-refractivity contribution in [3.8, 4) is 0 Å². The summed E-state index contributed by atoms with van der Waals surface area (Å²) in [7, 11) is 3.98. The minimum atomic E-state index is 0. The van der Waals surface area contributed by atoms with Crippen LogP contribution in [0, 0.1) is 5.92 Å². The monoisotopic (exact) mass is 556 g/mol. The van der Waals surface area contributed by atoms with E-state index in [0.717, 1.165) is 36.1 Å². The molecule has 1 fully saturated rings. The van der Waals surface area contributed by atoms with Gasteiger partial charge in [0.25, 0.3) is 0 Å². The number of hydrogen-bond acceptors (Lipinski definition) is 3. The number of aliphatic imine (C=N–C) groups is 1.